The van der Waals surface area contributed by atoms with Gasteiger partial charge in [-0.15, -0.1) is 8.80 Å². The van der Waals surface area contributed by atoms with Crippen LogP contribution in [0.25, 0.3) is 0 Å². The number of piperazine rings is 1. The van der Waals surface area contributed by atoms with E-state index in [9.17, 15) is 16.8 Å². The number of benzene rings is 4. The van der Waals surface area contributed by atoms with Crippen molar-refractivity contribution in [1.82, 2.24) is 9.80 Å². The Morgan fingerprint density at radius 2 is 0.810 bits per heavy atom. The van der Waals surface area contributed by atoms with Gasteiger partial charge in [0.2, 0.25) is 0 Å². The molecule has 4 aromatic rings. The number of aryl methyl sites for hydroxylation is 2. The van der Waals surface area contributed by atoms with Crippen LogP contribution >= 0.6 is 0 Å². The van der Waals surface area contributed by atoms with Crippen molar-refractivity contribution >= 4 is 31.7 Å². The van der Waals surface area contributed by atoms with E-state index in [0.29, 0.717) is 49.0 Å². The van der Waals surface area contributed by atoms with Gasteiger partial charge in [-0.25, -0.2) is 0 Å². The molecule has 4 aromatic carbocycles. The van der Waals surface area contributed by atoms with E-state index in [-0.39, 0.29) is 9.79 Å². The number of hydrogen-bond donors (Lipinski definition) is 0. The van der Waals surface area contributed by atoms with E-state index in [1.807, 2.05) is 84.3 Å². The molecule has 0 atom stereocenters. The van der Waals surface area contributed by atoms with Crippen LogP contribution in [0.4, 0.5) is 0 Å². The van der Waals surface area contributed by atoms with E-state index in [4.69, 9.17) is 0 Å². The van der Waals surface area contributed by atoms with E-state index >= 15 is 0 Å². The summed E-state index contributed by atoms with van der Waals surface area (Å²) in [5.41, 5.74) is 3.27. The zero-order valence-electron chi connectivity index (χ0n) is 23.5. The lowest BCUT2D eigenvalue weighted by Crippen LogP contribution is -2.51. The minimum Gasteiger partial charge on any atom is -0.352 e. The van der Waals surface area contributed by atoms with E-state index in [1.54, 1.807) is 48.5 Å². The first-order chi connectivity index (χ1) is 20.1. The summed E-state index contributed by atoms with van der Waals surface area (Å²) in [6, 6.07) is 31.7. The lowest BCUT2D eigenvalue weighted by Gasteiger charge is -2.38. The fourth-order valence-electron chi connectivity index (χ4n) is 4.64. The lowest BCUT2D eigenvalue weighted by atomic mass is 10.1. The summed E-state index contributed by atoms with van der Waals surface area (Å²) in [5, 5.41) is 0. The van der Waals surface area contributed by atoms with Crippen LogP contribution in [0.5, 0.6) is 0 Å². The maximum absolute atomic E-state index is 13.3. The van der Waals surface area contributed by atoms with Crippen molar-refractivity contribution in [3.8, 4) is 0 Å². The Balaban J connectivity index is 1.46. The molecule has 0 amide bonds. The van der Waals surface area contributed by atoms with Crippen LogP contribution in [0.3, 0.4) is 0 Å². The second kappa shape index (κ2) is 12.3. The third-order valence-corrected chi connectivity index (χ3v) is 9.56. The number of rotatable bonds is 6. The zero-order chi connectivity index (χ0) is 29.7. The number of nitrogens with zero attached hydrogens (tertiary/aromatic N) is 4. The standard InChI is InChI=1S/C32H32N4O4S2/c1-25-13-17-29(18-14-25)41(37,38)33-31(27-9-5-3-6-10-27)35-21-23-36(24-22-35)32(28-11-7-4-8-12-28)34-42(39,40)30-19-15-26(2)16-20-30/h3-20H,21-24H2,1-2H3. The summed E-state index contributed by atoms with van der Waals surface area (Å²) in [4.78, 5) is 4.10. The third kappa shape index (κ3) is 6.78. The van der Waals surface area contributed by atoms with Gasteiger partial charge in [0.15, 0.2) is 0 Å². The molecule has 1 aliphatic rings. The molecule has 10 heteroatoms. The predicted molar refractivity (Wildman–Crippen MR) is 166 cm³/mol. The van der Waals surface area contributed by atoms with Crippen LogP contribution in [0.2, 0.25) is 0 Å². The second-order valence-electron chi connectivity index (χ2n) is 10.1. The van der Waals surface area contributed by atoms with E-state index < -0.39 is 20.0 Å². The van der Waals surface area contributed by atoms with Crippen molar-refractivity contribution < 1.29 is 16.8 Å². The van der Waals surface area contributed by atoms with Gasteiger partial charge in [0, 0.05) is 37.3 Å². The lowest BCUT2D eigenvalue weighted by molar-refractivity contribution is 0.260. The summed E-state index contributed by atoms with van der Waals surface area (Å²) in [5.74, 6) is 0.697. The normalized spacial score (nSPS) is 15.1. The molecule has 0 saturated carbocycles. The Morgan fingerprint density at radius 1 is 0.500 bits per heavy atom. The molecule has 216 valence electrons. The van der Waals surface area contributed by atoms with Gasteiger partial charge < -0.3 is 9.80 Å². The molecule has 0 bridgehead atoms. The van der Waals surface area contributed by atoms with Gasteiger partial charge in [0.25, 0.3) is 20.0 Å². The molecule has 1 fully saturated rings. The van der Waals surface area contributed by atoms with Crippen LogP contribution < -0.4 is 0 Å². The molecule has 0 N–H and O–H groups in total. The van der Waals surface area contributed by atoms with Gasteiger partial charge in [-0.2, -0.15) is 16.8 Å². The topological polar surface area (TPSA) is 99.5 Å². The molecule has 0 unspecified atom stereocenters. The number of hydrogen-bond acceptors (Lipinski definition) is 4. The van der Waals surface area contributed by atoms with Crippen LogP contribution in [-0.4, -0.2) is 64.5 Å². The maximum Gasteiger partial charge on any atom is 0.284 e. The molecule has 1 heterocycles. The first kappa shape index (κ1) is 29.2. The SMILES string of the molecule is Cc1ccc(S(=O)(=O)N=C(c2ccccc2)N2CCN(C(=NS(=O)(=O)c3ccc(C)cc3)c3ccccc3)CC2)cc1. The first-order valence-electron chi connectivity index (χ1n) is 13.6. The zero-order valence-corrected chi connectivity index (χ0v) is 25.1. The predicted octanol–water partition coefficient (Wildman–Crippen LogP) is 4.89. The highest BCUT2D eigenvalue weighted by Crippen LogP contribution is 2.20. The molecule has 5 rings (SSSR count). The average molecular weight is 601 g/mol. The van der Waals surface area contributed by atoms with Gasteiger partial charge in [-0.05, 0) is 38.1 Å². The minimum absolute atomic E-state index is 0.125. The molecule has 0 aliphatic carbocycles. The van der Waals surface area contributed by atoms with Gasteiger partial charge in [-0.1, -0.05) is 96.1 Å². The summed E-state index contributed by atoms with van der Waals surface area (Å²) in [6.07, 6.45) is 0. The van der Waals surface area contributed by atoms with E-state index in [2.05, 4.69) is 8.80 Å². The van der Waals surface area contributed by atoms with Gasteiger partial charge >= 0.3 is 0 Å². The molecular formula is C32H32N4O4S2. The molecule has 0 radical (unpaired) electrons. The Morgan fingerprint density at radius 3 is 1.12 bits per heavy atom. The summed E-state index contributed by atoms with van der Waals surface area (Å²) in [6.45, 7) is 5.43. The summed E-state index contributed by atoms with van der Waals surface area (Å²) >= 11 is 0. The molecule has 1 saturated heterocycles. The van der Waals surface area contributed by atoms with Crippen LogP contribution in [0.15, 0.2) is 128 Å². The Hall–Kier alpha value is -4.28. The van der Waals surface area contributed by atoms with Crippen molar-refractivity contribution in [1.29, 1.82) is 0 Å². The van der Waals surface area contributed by atoms with Crippen molar-refractivity contribution in [3.05, 3.63) is 131 Å². The van der Waals surface area contributed by atoms with Crippen molar-refractivity contribution in [3.63, 3.8) is 0 Å². The minimum atomic E-state index is -3.97. The van der Waals surface area contributed by atoms with Crippen molar-refractivity contribution in [2.24, 2.45) is 8.80 Å². The van der Waals surface area contributed by atoms with E-state index in [1.165, 1.54) is 0 Å². The highest BCUT2D eigenvalue weighted by atomic mass is 32.2. The Labute approximate surface area is 247 Å². The molecule has 0 aromatic heterocycles. The van der Waals surface area contributed by atoms with Gasteiger partial charge in [0.05, 0.1) is 9.79 Å². The molecular weight excluding hydrogens is 569 g/mol. The highest BCUT2D eigenvalue weighted by Gasteiger charge is 2.27. The highest BCUT2D eigenvalue weighted by molar-refractivity contribution is 7.90. The fraction of sp³-hybridized carbons (Fsp3) is 0.188. The molecule has 42 heavy (non-hydrogen) atoms. The van der Waals surface area contributed by atoms with Crippen LogP contribution in [0, 0.1) is 13.8 Å². The largest absolute Gasteiger partial charge is 0.352 e. The van der Waals surface area contributed by atoms with Crippen molar-refractivity contribution in [2.75, 3.05) is 26.2 Å². The molecule has 0 spiro atoms. The maximum atomic E-state index is 13.3. The average Bonchev–Trinajstić information content (AvgIpc) is 3.00. The quantitative estimate of drug-likeness (QED) is 0.231. The second-order valence-corrected chi connectivity index (χ2v) is 13.3. The monoisotopic (exact) mass is 600 g/mol. The van der Waals surface area contributed by atoms with Crippen LogP contribution in [-0.2, 0) is 20.0 Å². The molecule has 1 aliphatic heterocycles. The first-order valence-corrected chi connectivity index (χ1v) is 16.4. The third-order valence-electron chi connectivity index (χ3n) is 6.99. The smallest absolute Gasteiger partial charge is 0.284 e. The van der Waals surface area contributed by atoms with Crippen molar-refractivity contribution in [2.45, 2.75) is 23.6 Å². The summed E-state index contributed by atoms with van der Waals surface area (Å²) < 4.78 is 61.9. The fourth-order valence-corrected chi connectivity index (χ4v) is 6.71. The number of amidine groups is 2. The Bertz CT molecular complexity index is 1660. The summed E-state index contributed by atoms with van der Waals surface area (Å²) in [7, 11) is -7.95. The van der Waals surface area contributed by atoms with Crippen LogP contribution in [0.1, 0.15) is 22.3 Å². The molecule has 8 nitrogen and oxygen atoms in total. The number of sulfonamides is 2. The van der Waals surface area contributed by atoms with E-state index in [0.717, 1.165) is 11.1 Å². The van der Waals surface area contributed by atoms with Gasteiger partial charge in [0.1, 0.15) is 11.7 Å². The van der Waals surface area contributed by atoms with Gasteiger partial charge in [-0.3, -0.25) is 0 Å². The Kier molecular flexibility index (Phi) is 8.56.